The monoisotopic (exact) mass is 442 g/mol. The van der Waals surface area contributed by atoms with Crippen LogP contribution in [0.5, 0.6) is 11.5 Å². The third-order valence-corrected chi connectivity index (χ3v) is 5.46. The van der Waals surface area contributed by atoms with Gasteiger partial charge >= 0.3 is 12.1 Å². The van der Waals surface area contributed by atoms with Gasteiger partial charge in [0.25, 0.3) is 0 Å². The van der Waals surface area contributed by atoms with Crippen LogP contribution in [0.4, 0.5) is 13.2 Å². The molecule has 4 nitrogen and oxygen atoms in total. The summed E-state index contributed by atoms with van der Waals surface area (Å²) in [6.45, 7) is 0.605. The standard InChI is InChI=1S/C25H21F3O4/c26-25(27,28)21-7-4-17(5-8-21)18-3-1-2-16(12-18)15-32-22-9-6-19-13-20(24(29)30)10-11-31-23(19)14-22/h1-9,12,14,20H,10-11,13,15H2,(H,29,30). The lowest BCUT2D eigenvalue weighted by atomic mass is 9.97. The van der Waals surface area contributed by atoms with Crippen LogP contribution in [-0.2, 0) is 24.0 Å². The largest absolute Gasteiger partial charge is 0.493 e. The second-order valence-corrected chi connectivity index (χ2v) is 7.71. The van der Waals surface area contributed by atoms with Crippen LogP contribution in [-0.4, -0.2) is 17.7 Å². The number of hydrogen-bond donors (Lipinski definition) is 1. The molecule has 0 bridgehead atoms. The van der Waals surface area contributed by atoms with Crippen LogP contribution in [0.15, 0.2) is 66.7 Å². The minimum absolute atomic E-state index is 0.269. The summed E-state index contributed by atoms with van der Waals surface area (Å²) in [4.78, 5) is 11.3. The zero-order valence-electron chi connectivity index (χ0n) is 17.1. The molecule has 4 rings (SSSR count). The fourth-order valence-electron chi connectivity index (χ4n) is 3.68. The maximum absolute atomic E-state index is 12.8. The Bertz CT molecular complexity index is 1110. The number of ether oxygens (including phenoxy) is 2. The summed E-state index contributed by atoms with van der Waals surface area (Å²) in [6, 6.07) is 17.8. The highest BCUT2D eigenvalue weighted by molar-refractivity contribution is 5.71. The number of rotatable bonds is 5. The highest BCUT2D eigenvalue weighted by Crippen LogP contribution is 2.32. The van der Waals surface area contributed by atoms with Gasteiger partial charge in [0, 0.05) is 6.07 Å². The van der Waals surface area contributed by atoms with Crippen molar-refractivity contribution < 1.29 is 32.5 Å². The number of alkyl halides is 3. The summed E-state index contributed by atoms with van der Waals surface area (Å²) in [6.07, 6.45) is -3.49. The third-order valence-electron chi connectivity index (χ3n) is 5.46. The number of hydrogen-bond acceptors (Lipinski definition) is 3. The Labute approximate surface area is 183 Å². The second kappa shape index (κ2) is 8.94. The number of benzene rings is 3. The van der Waals surface area contributed by atoms with Crippen LogP contribution in [0, 0.1) is 5.92 Å². The number of fused-ring (bicyclic) bond motifs is 1. The van der Waals surface area contributed by atoms with Crippen molar-refractivity contribution in [1.29, 1.82) is 0 Å². The second-order valence-electron chi connectivity index (χ2n) is 7.71. The molecule has 1 N–H and O–H groups in total. The Kier molecular flexibility index (Phi) is 6.08. The Morgan fingerprint density at radius 2 is 1.81 bits per heavy atom. The minimum atomic E-state index is -4.36. The molecule has 3 aromatic rings. The van der Waals surface area contributed by atoms with E-state index < -0.39 is 23.6 Å². The van der Waals surface area contributed by atoms with E-state index in [1.807, 2.05) is 30.3 Å². The van der Waals surface area contributed by atoms with Gasteiger partial charge in [-0.3, -0.25) is 4.79 Å². The van der Waals surface area contributed by atoms with Crippen molar-refractivity contribution in [3.63, 3.8) is 0 Å². The van der Waals surface area contributed by atoms with Crippen molar-refractivity contribution in [1.82, 2.24) is 0 Å². The van der Waals surface area contributed by atoms with Gasteiger partial charge in [0.2, 0.25) is 0 Å². The van der Waals surface area contributed by atoms with Gasteiger partial charge in [-0.15, -0.1) is 0 Å². The van der Waals surface area contributed by atoms with E-state index in [-0.39, 0.29) is 6.61 Å². The summed E-state index contributed by atoms with van der Waals surface area (Å²) < 4.78 is 49.9. The molecule has 0 saturated carbocycles. The first-order valence-electron chi connectivity index (χ1n) is 10.2. The summed E-state index contributed by atoms with van der Waals surface area (Å²) in [5.41, 5.74) is 2.51. The van der Waals surface area contributed by atoms with E-state index in [2.05, 4.69) is 0 Å². The predicted molar refractivity (Wildman–Crippen MR) is 113 cm³/mol. The molecular weight excluding hydrogens is 421 g/mol. The smallest absolute Gasteiger partial charge is 0.416 e. The molecule has 1 heterocycles. The van der Waals surface area contributed by atoms with Crippen LogP contribution in [0.2, 0.25) is 0 Å². The van der Waals surface area contributed by atoms with Gasteiger partial charge in [0.15, 0.2) is 0 Å². The number of carboxylic acids is 1. The van der Waals surface area contributed by atoms with E-state index in [4.69, 9.17) is 9.47 Å². The van der Waals surface area contributed by atoms with Gasteiger partial charge in [0.05, 0.1) is 18.1 Å². The number of halogens is 3. The van der Waals surface area contributed by atoms with Crippen molar-refractivity contribution >= 4 is 5.97 Å². The van der Waals surface area contributed by atoms with Crippen molar-refractivity contribution in [3.8, 4) is 22.6 Å². The first-order chi connectivity index (χ1) is 15.3. The van der Waals surface area contributed by atoms with Crippen molar-refractivity contribution in [2.45, 2.75) is 25.6 Å². The van der Waals surface area contributed by atoms with Gasteiger partial charge in [-0.2, -0.15) is 13.2 Å². The topological polar surface area (TPSA) is 55.8 Å². The molecule has 1 aliphatic rings. The molecule has 1 unspecified atom stereocenters. The molecule has 0 radical (unpaired) electrons. The summed E-state index contributed by atoms with van der Waals surface area (Å²) >= 11 is 0. The lowest BCUT2D eigenvalue weighted by molar-refractivity contribution is -0.142. The molecule has 0 fully saturated rings. The van der Waals surface area contributed by atoms with Gasteiger partial charge in [-0.05, 0) is 59.4 Å². The molecule has 0 spiro atoms. The molecule has 166 valence electrons. The van der Waals surface area contributed by atoms with Crippen LogP contribution in [0.1, 0.15) is 23.1 Å². The van der Waals surface area contributed by atoms with Crippen molar-refractivity contribution in [2.24, 2.45) is 5.92 Å². The molecule has 1 atom stereocenters. The van der Waals surface area contributed by atoms with E-state index in [0.29, 0.717) is 36.5 Å². The summed E-state index contributed by atoms with van der Waals surface area (Å²) in [7, 11) is 0. The Morgan fingerprint density at radius 1 is 1.03 bits per heavy atom. The Hall–Kier alpha value is -3.48. The van der Waals surface area contributed by atoms with E-state index in [1.54, 1.807) is 12.1 Å². The van der Waals surface area contributed by atoms with E-state index in [0.717, 1.165) is 28.8 Å². The zero-order chi connectivity index (χ0) is 22.7. The van der Waals surface area contributed by atoms with E-state index in [9.17, 15) is 23.1 Å². The molecule has 0 amide bonds. The molecular formula is C25H21F3O4. The average Bonchev–Trinajstić information content (AvgIpc) is 3.00. The molecule has 1 aliphatic heterocycles. The van der Waals surface area contributed by atoms with Crippen LogP contribution >= 0.6 is 0 Å². The number of aliphatic carboxylic acids is 1. The number of carbonyl (C=O) groups is 1. The molecule has 0 aromatic heterocycles. The highest BCUT2D eigenvalue weighted by Gasteiger charge is 2.30. The zero-order valence-corrected chi connectivity index (χ0v) is 17.1. The first kappa shape index (κ1) is 21.7. The minimum Gasteiger partial charge on any atom is -0.493 e. The quantitative estimate of drug-likeness (QED) is 0.528. The highest BCUT2D eigenvalue weighted by atomic mass is 19.4. The van der Waals surface area contributed by atoms with Gasteiger partial charge < -0.3 is 14.6 Å². The fraction of sp³-hybridized carbons (Fsp3) is 0.240. The van der Waals surface area contributed by atoms with Crippen LogP contribution in [0.25, 0.3) is 11.1 Å². The first-order valence-corrected chi connectivity index (χ1v) is 10.2. The van der Waals surface area contributed by atoms with Crippen molar-refractivity contribution in [2.75, 3.05) is 6.61 Å². The van der Waals surface area contributed by atoms with Gasteiger partial charge in [-0.1, -0.05) is 36.4 Å². The summed E-state index contributed by atoms with van der Waals surface area (Å²) in [5, 5.41) is 9.28. The normalized spacial score (nSPS) is 15.9. The molecule has 0 saturated heterocycles. The summed E-state index contributed by atoms with van der Waals surface area (Å²) in [5.74, 6) is -0.0622. The third kappa shape index (κ3) is 5.04. The maximum atomic E-state index is 12.8. The van der Waals surface area contributed by atoms with Crippen LogP contribution < -0.4 is 9.47 Å². The molecule has 0 aliphatic carbocycles. The van der Waals surface area contributed by atoms with E-state index >= 15 is 0 Å². The Morgan fingerprint density at radius 3 is 2.53 bits per heavy atom. The molecule has 32 heavy (non-hydrogen) atoms. The predicted octanol–water partition coefficient (Wildman–Crippen LogP) is 5.98. The van der Waals surface area contributed by atoms with Gasteiger partial charge in [0.1, 0.15) is 18.1 Å². The van der Waals surface area contributed by atoms with E-state index in [1.165, 1.54) is 12.1 Å². The fourth-order valence-corrected chi connectivity index (χ4v) is 3.68. The van der Waals surface area contributed by atoms with Crippen molar-refractivity contribution in [3.05, 3.63) is 83.4 Å². The maximum Gasteiger partial charge on any atom is 0.416 e. The molecule has 3 aromatic carbocycles. The average molecular weight is 442 g/mol. The lowest BCUT2D eigenvalue weighted by Gasteiger charge is -2.12. The Balaban J connectivity index is 1.45. The van der Waals surface area contributed by atoms with Crippen LogP contribution in [0.3, 0.4) is 0 Å². The van der Waals surface area contributed by atoms with Gasteiger partial charge in [-0.25, -0.2) is 0 Å². The lowest BCUT2D eigenvalue weighted by Crippen LogP contribution is -2.16. The number of carboxylic acid groups (broad SMARTS) is 1. The SMILES string of the molecule is O=C(O)C1CCOc2cc(OCc3cccc(-c4ccc(C(F)(F)F)cc4)c3)ccc2C1. The molecule has 7 heteroatoms.